The molecule has 0 aliphatic heterocycles. The van der Waals surface area contributed by atoms with Gasteiger partial charge >= 0.3 is 96.0 Å². The van der Waals surface area contributed by atoms with Gasteiger partial charge in [-0.15, -0.1) is 0 Å². The Bertz CT molecular complexity index is 371. The Morgan fingerprint density at radius 3 is 2.62 bits per heavy atom. The third-order valence-corrected chi connectivity index (χ3v) is 6.86. The van der Waals surface area contributed by atoms with Gasteiger partial charge < -0.3 is 24.8 Å². The molecule has 2 rings (SSSR count). The van der Waals surface area contributed by atoms with Crippen LogP contribution in [0.15, 0.2) is 39.6 Å². The molecule has 0 atom stereocenters. The summed E-state index contributed by atoms with van der Waals surface area (Å²) in [7, 11) is -0.593. The molecule has 1 nitrogen and oxygen atoms in total. The van der Waals surface area contributed by atoms with E-state index in [0.717, 1.165) is 0 Å². The van der Waals surface area contributed by atoms with Crippen molar-refractivity contribution in [2.24, 2.45) is 0 Å². The van der Waals surface area contributed by atoms with E-state index in [1.807, 2.05) is 6.20 Å². The Morgan fingerprint density at radius 1 is 1.31 bits per heavy atom. The van der Waals surface area contributed by atoms with Crippen LogP contribution in [-0.4, -0.2) is 13.8 Å². The molecule has 0 unspecified atom stereocenters. The summed E-state index contributed by atoms with van der Waals surface area (Å²) in [6.45, 7) is 4.84. The van der Waals surface area contributed by atoms with Gasteiger partial charge in [-0.05, 0) is 0 Å². The van der Waals surface area contributed by atoms with Crippen LogP contribution in [0, 0.1) is 0 Å². The Balaban J connectivity index is 0.00000112. The second-order valence-corrected chi connectivity index (χ2v) is 9.01. The van der Waals surface area contributed by atoms with Gasteiger partial charge in [-0.1, -0.05) is 0 Å². The van der Waals surface area contributed by atoms with E-state index < -0.39 is 8.80 Å². The average Bonchev–Trinajstić information content (AvgIpc) is 2.75. The van der Waals surface area contributed by atoms with Crippen molar-refractivity contribution in [1.82, 2.24) is 4.98 Å². The zero-order valence-electron chi connectivity index (χ0n) is 9.43. The molecule has 1 aliphatic carbocycles. The molecule has 1 aromatic heterocycles. The normalized spacial score (nSPS) is 13.4. The standard InChI is InChI=1S/C7H11Si.C4H4N.2ClH.Ti/c1-8(2)7-5-3-4-6-7;1-2-4-5-3-1;;;/h3,5,8H,4H2,1-2H3;1-3,5H;2*1H;/q;;;;+2/p-2. The van der Waals surface area contributed by atoms with Gasteiger partial charge in [0.1, 0.15) is 0 Å². The Morgan fingerprint density at radius 2 is 2.06 bits per heavy atom. The summed E-state index contributed by atoms with van der Waals surface area (Å²) in [6, 6.07) is 4.33. The van der Waals surface area contributed by atoms with E-state index in [0.29, 0.717) is 0 Å². The second kappa shape index (κ2) is 7.57. The zero-order chi connectivity index (χ0) is 9.97. The van der Waals surface area contributed by atoms with Crippen molar-refractivity contribution in [2.75, 3.05) is 0 Å². The van der Waals surface area contributed by atoms with Crippen molar-refractivity contribution in [3.63, 3.8) is 0 Å². The molecule has 0 radical (unpaired) electrons. The number of aromatic amines is 1. The molecular formula is C11H15Cl2NSiTi. The van der Waals surface area contributed by atoms with Crippen molar-refractivity contribution in [1.29, 1.82) is 0 Å². The number of halogens is 2. The molecule has 86 valence electrons. The Labute approximate surface area is 120 Å². The molecule has 0 saturated carbocycles. The van der Waals surface area contributed by atoms with Crippen molar-refractivity contribution in [3.8, 4) is 0 Å². The van der Waals surface area contributed by atoms with E-state index in [1.54, 1.807) is 9.07 Å². The summed E-state index contributed by atoms with van der Waals surface area (Å²) in [5, 5.41) is 1.72. The summed E-state index contributed by atoms with van der Waals surface area (Å²) in [6.07, 6.45) is 7.97. The SMILES string of the molecule is C[SiH](C)C1=[C]([Ti+2][c]2ccc[nH]2)CC=C1.[Cl-].[Cl-]. The summed E-state index contributed by atoms with van der Waals surface area (Å²) < 4.78 is 3.23. The van der Waals surface area contributed by atoms with Crippen molar-refractivity contribution in [2.45, 2.75) is 19.5 Å². The summed E-state index contributed by atoms with van der Waals surface area (Å²) in [5.74, 6) is 0. The molecule has 1 heterocycles. The number of aromatic nitrogens is 1. The number of nitrogens with one attached hydrogen (secondary N) is 1. The van der Waals surface area contributed by atoms with E-state index in [2.05, 4.69) is 42.4 Å². The predicted molar refractivity (Wildman–Crippen MR) is 60.1 cm³/mol. The van der Waals surface area contributed by atoms with E-state index in [-0.39, 0.29) is 44.0 Å². The van der Waals surface area contributed by atoms with Crippen LogP contribution in [-0.2, 0) is 19.2 Å². The average molecular weight is 308 g/mol. The number of H-pyrrole nitrogens is 1. The van der Waals surface area contributed by atoms with Crippen LogP contribution in [0.5, 0.6) is 0 Å². The number of allylic oxidation sites excluding steroid dienone is 4. The zero-order valence-corrected chi connectivity index (χ0v) is 13.7. The molecule has 1 aromatic rings. The maximum Gasteiger partial charge on any atom is -1.00 e. The van der Waals surface area contributed by atoms with Gasteiger partial charge in [0.2, 0.25) is 0 Å². The van der Waals surface area contributed by atoms with Crippen LogP contribution >= 0.6 is 0 Å². The van der Waals surface area contributed by atoms with Crippen molar-refractivity contribution < 1.29 is 44.0 Å². The van der Waals surface area contributed by atoms with Gasteiger partial charge in [0.05, 0.1) is 0 Å². The third kappa shape index (κ3) is 3.94. The molecule has 1 N–H and O–H groups in total. The van der Waals surface area contributed by atoms with Crippen LogP contribution in [0.25, 0.3) is 0 Å². The maximum atomic E-state index is 3.33. The fourth-order valence-corrected chi connectivity index (χ4v) is 6.47. The van der Waals surface area contributed by atoms with Crippen molar-refractivity contribution >= 4 is 12.8 Å². The molecule has 0 saturated heterocycles. The third-order valence-electron chi connectivity index (χ3n) is 2.47. The van der Waals surface area contributed by atoms with Gasteiger partial charge in [-0.3, -0.25) is 0 Å². The van der Waals surface area contributed by atoms with E-state index in [4.69, 9.17) is 0 Å². The molecule has 0 bridgehead atoms. The van der Waals surface area contributed by atoms with Gasteiger partial charge in [0, 0.05) is 0 Å². The fourth-order valence-electron chi connectivity index (χ4n) is 1.76. The molecule has 1 aliphatic rings. The smallest absolute Gasteiger partial charge is 1.00 e. The first-order valence-corrected chi connectivity index (χ1v) is 9.52. The maximum absolute atomic E-state index is 3.33. The molecule has 16 heavy (non-hydrogen) atoms. The number of hydrogen-bond donors (Lipinski definition) is 1. The molecular weight excluding hydrogens is 293 g/mol. The van der Waals surface area contributed by atoms with E-state index in [9.17, 15) is 0 Å². The Kier molecular flexibility index (Phi) is 7.70. The summed E-state index contributed by atoms with van der Waals surface area (Å²) in [5.41, 5.74) is 0. The van der Waals surface area contributed by atoms with Crippen LogP contribution in [0.1, 0.15) is 6.42 Å². The van der Waals surface area contributed by atoms with Gasteiger partial charge in [0.25, 0.3) is 0 Å². The number of rotatable bonds is 3. The monoisotopic (exact) mass is 307 g/mol. The molecule has 0 aromatic carbocycles. The topological polar surface area (TPSA) is 15.8 Å². The molecule has 0 fully saturated rings. The number of hydrogen-bond acceptors (Lipinski definition) is 0. The summed E-state index contributed by atoms with van der Waals surface area (Å²) >= 11 is -0.0569. The van der Waals surface area contributed by atoms with Gasteiger partial charge in [-0.2, -0.15) is 0 Å². The minimum absolute atomic E-state index is 0. The van der Waals surface area contributed by atoms with E-state index in [1.165, 1.54) is 10.4 Å². The molecule has 5 heteroatoms. The largest absolute Gasteiger partial charge is 1.00 e. The minimum atomic E-state index is -0.593. The molecule has 0 spiro atoms. The first-order valence-electron chi connectivity index (χ1n) is 5.07. The minimum Gasteiger partial charge on any atom is -1.00 e. The fraction of sp³-hybridized carbons (Fsp3) is 0.273. The predicted octanol–water partition coefficient (Wildman–Crippen LogP) is -4.03. The molecule has 0 amide bonds. The first kappa shape index (κ1) is 16.3. The van der Waals surface area contributed by atoms with Gasteiger partial charge in [0.15, 0.2) is 0 Å². The Hall–Kier alpha value is 0.271. The van der Waals surface area contributed by atoms with Crippen LogP contribution < -0.4 is 28.8 Å². The van der Waals surface area contributed by atoms with Crippen molar-refractivity contribution in [3.05, 3.63) is 39.6 Å². The van der Waals surface area contributed by atoms with Crippen LogP contribution in [0.3, 0.4) is 0 Å². The first-order chi connectivity index (χ1) is 6.77. The summed E-state index contributed by atoms with van der Waals surface area (Å²) in [4.78, 5) is 3.33. The second-order valence-electron chi connectivity index (χ2n) is 3.90. The van der Waals surface area contributed by atoms with Crippen LogP contribution in [0.4, 0.5) is 0 Å². The van der Waals surface area contributed by atoms with E-state index >= 15 is 0 Å². The van der Waals surface area contributed by atoms with Crippen LogP contribution in [0.2, 0.25) is 13.1 Å². The quantitative estimate of drug-likeness (QED) is 0.548. The van der Waals surface area contributed by atoms with Gasteiger partial charge in [-0.25, -0.2) is 0 Å².